The van der Waals surface area contributed by atoms with Crippen molar-refractivity contribution in [1.29, 1.82) is 0 Å². The summed E-state index contributed by atoms with van der Waals surface area (Å²) < 4.78 is 4.18. The zero-order valence-corrected chi connectivity index (χ0v) is 19.4. The Hall–Kier alpha value is -3.63. The van der Waals surface area contributed by atoms with Crippen LogP contribution in [0.15, 0.2) is 84.9 Å². The number of rotatable bonds is 6. The van der Waals surface area contributed by atoms with Crippen LogP contribution in [0.1, 0.15) is 17.0 Å². The molecule has 4 heteroatoms. The first-order chi connectivity index (χ1) is 16.0. The van der Waals surface area contributed by atoms with Gasteiger partial charge in [-0.05, 0) is 50.1 Å². The molecule has 3 aromatic carbocycles. The van der Waals surface area contributed by atoms with Gasteiger partial charge in [-0.3, -0.25) is 4.68 Å². The topological polar surface area (TPSA) is 43.0 Å². The fourth-order valence-corrected chi connectivity index (χ4v) is 4.78. The molecule has 4 nitrogen and oxygen atoms in total. The molecule has 0 saturated carbocycles. The third kappa shape index (κ3) is 4.10. The fourth-order valence-electron chi connectivity index (χ4n) is 4.78. The van der Waals surface area contributed by atoms with E-state index in [4.69, 9.17) is 0 Å². The molecule has 0 bridgehead atoms. The number of aliphatic hydroxyl groups is 1. The van der Waals surface area contributed by atoms with Crippen LogP contribution < -0.4 is 0 Å². The van der Waals surface area contributed by atoms with Gasteiger partial charge >= 0.3 is 0 Å². The lowest BCUT2D eigenvalue weighted by Crippen LogP contribution is -2.23. The second-order valence-electron chi connectivity index (χ2n) is 8.85. The van der Waals surface area contributed by atoms with Crippen LogP contribution in [0.5, 0.6) is 0 Å². The third-order valence-electron chi connectivity index (χ3n) is 6.21. The zero-order chi connectivity index (χ0) is 22.9. The molecule has 5 rings (SSSR count). The first-order valence-electron chi connectivity index (χ1n) is 11.4. The van der Waals surface area contributed by atoms with Gasteiger partial charge in [0.05, 0.1) is 30.6 Å². The standard InChI is InChI=1S/C29H29N3O/c1-20-14-15-27-26(16-20)28(23-10-6-4-7-11-23)29(24-12-8-5-9-13-24)31(27)18-25(33)19-32-22(3)17-21(2)30-32/h4-17,25,33H,18-19H2,1-3H3. The number of aromatic nitrogens is 3. The number of aliphatic hydroxyl groups excluding tert-OH is 1. The van der Waals surface area contributed by atoms with Crippen molar-refractivity contribution in [2.75, 3.05) is 0 Å². The molecular formula is C29H29N3O. The monoisotopic (exact) mass is 435 g/mol. The van der Waals surface area contributed by atoms with Crippen molar-refractivity contribution in [2.24, 2.45) is 0 Å². The van der Waals surface area contributed by atoms with Gasteiger partial charge in [0.1, 0.15) is 0 Å². The van der Waals surface area contributed by atoms with Crippen molar-refractivity contribution < 1.29 is 5.11 Å². The van der Waals surface area contributed by atoms with Gasteiger partial charge < -0.3 is 9.67 Å². The van der Waals surface area contributed by atoms with Crippen molar-refractivity contribution >= 4 is 10.9 Å². The Bertz CT molecular complexity index is 1400. The lowest BCUT2D eigenvalue weighted by atomic mass is 9.98. The van der Waals surface area contributed by atoms with E-state index in [0.717, 1.165) is 28.2 Å². The van der Waals surface area contributed by atoms with Gasteiger partial charge in [-0.25, -0.2) is 0 Å². The molecule has 2 aromatic heterocycles. The van der Waals surface area contributed by atoms with Crippen LogP contribution in [0.3, 0.4) is 0 Å². The van der Waals surface area contributed by atoms with Crippen LogP contribution in [0.25, 0.3) is 33.3 Å². The van der Waals surface area contributed by atoms with Gasteiger partial charge in [0.15, 0.2) is 0 Å². The predicted molar refractivity (Wildman–Crippen MR) is 135 cm³/mol. The molecular weight excluding hydrogens is 406 g/mol. The zero-order valence-electron chi connectivity index (χ0n) is 19.4. The Morgan fingerprint density at radius 3 is 2.09 bits per heavy atom. The third-order valence-corrected chi connectivity index (χ3v) is 6.21. The summed E-state index contributed by atoms with van der Waals surface area (Å²) in [6, 6.07) is 29.7. The number of nitrogens with zero attached hydrogens (tertiary/aromatic N) is 3. The highest BCUT2D eigenvalue weighted by atomic mass is 16.3. The summed E-state index contributed by atoms with van der Waals surface area (Å²) in [4.78, 5) is 0. The second kappa shape index (κ2) is 8.72. The molecule has 2 heterocycles. The van der Waals surface area contributed by atoms with Crippen LogP contribution in [0.2, 0.25) is 0 Å². The number of hydrogen-bond donors (Lipinski definition) is 1. The quantitative estimate of drug-likeness (QED) is 0.347. The largest absolute Gasteiger partial charge is 0.389 e. The second-order valence-corrected chi connectivity index (χ2v) is 8.85. The van der Waals surface area contributed by atoms with E-state index >= 15 is 0 Å². The summed E-state index contributed by atoms with van der Waals surface area (Å²) in [6.45, 7) is 7.08. The Labute approximate surface area is 194 Å². The highest BCUT2D eigenvalue weighted by molar-refractivity contribution is 6.04. The summed E-state index contributed by atoms with van der Waals surface area (Å²) in [7, 11) is 0. The van der Waals surface area contributed by atoms with E-state index in [2.05, 4.69) is 83.3 Å². The minimum atomic E-state index is -0.578. The van der Waals surface area contributed by atoms with Gasteiger partial charge in [0.25, 0.3) is 0 Å². The van der Waals surface area contributed by atoms with Crippen molar-refractivity contribution in [2.45, 2.75) is 40.0 Å². The van der Waals surface area contributed by atoms with Crippen molar-refractivity contribution in [3.63, 3.8) is 0 Å². The summed E-state index contributed by atoms with van der Waals surface area (Å²) in [5.74, 6) is 0. The highest BCUT2D eigenvalue weighted by Gasteiger charge is 2.22. The number of hydrogen-bond acceptors (Lipinski definition) is 2. The van der Waals surface area contributed by atoms with Crippen molar-refractivity contribution in [1.82, 2.24) is 14.3 Å². The first kappa shape index (κ1) is 21.2. The molecule has 0 radical (unpaired) electrons. The summed E-state index contributed by atoms with van der Waals surface area (Å²) >= 11 is 0. The lowest BCUT2D eigenvalue weighted by Gasteiger charge is -2.18. The average molecular weight is 436 g/mol. The average Bonchev–Trinajstić information content (AvgIpc) is 3.30. The van der Waals surface area contributed by atoms with Gasteiger partial charge in [0.2, 0.25) is 0 Å². The minimum absolute atomic E-state index is 0.458. The van der Waals surface area contributed by atoms with Crippen molar-refractivity contribution in [3.8, 4) is 22.4 Å². The molecule has 0 amide bonds. The van der Waals surface area contributed by atoms with Gasteiger partial charge in [-0.1, -0.05) is 72.3 Å². The summed E-state index contributed by atoms with van der Waals surface area (Å²) in [5, 5.41) is 16.9. The van der Waals surface area contributed by atoms with E-state index in [0.29, 0.717) is 13.1 Å². The summed E-state index contributed by atoms with van der Waals surface area (Å²) in [5.41, 5.74) is 9.05. The van der Waals surface area contributed by atoms with Crippen LogP contribution in [0, 0.1) is 20.8 Å². The maximum atomic E-state index is 11.2. The van der Waals surface area contributed by atoms with Crippen molar-refractivity contribution in [3.05, 3.63) is 102 Å². The van der Waals surface area contributed by atoms with E-state index in [1.165, 1.54) is 22.1 Å². The molecule has 5 aromatic rings. The van der Waals surface area contributed by atoms with Gasteiger partial charge in [0, 0.05) is 22.2 Å². The molecule has 0 aliphatic rings. The van der Waals surface area contributed by atoms with E-state index in [1.807, 2.05) is 36.7 Å². The Morgan fingerprint density at radius 2 is 1.45 bits per heavy atom. The van der Waals surface area contributed by atoms with E-state index in [9.17, 15) is 5.11 Å². The van der Waals surface area contributed by atoms with Gasteiger partial charge in [-0.15, -0.1) is 0 Å². The SMILES string of the molecule is Cc1ccc2c(c1)c(-c1ccccc1)c(-c1ccccc1)n2CC(O)Cn1nc(C)cc1C. The maximum Gasteiger partial charge on any atom is 0.0914 e. The molecule has 1 N–H and O–H groups in total. The molecule has 0 aliphatic carbocycles. The molecule has 0 fully saturated rings. The Kier molecular flexibility index (Phi) is 5.61. The predicted octanol–water partition coefficient (Wildman–Crippen LogP) is 6.16. The molecule has 1 atom stereocenters. The number of benzene rings is 3. The number of aryl methyl sites for hydroxylation is 3. The van der Waals surface area contributed by atoms with E-state index < -0.39 is 6.10 Å². The van der Waals surface area contributed by atoms with Crippen LogP contribution in [-0.2, 0) is 13.1 Å². The van der Waals surface area contributed by atoms with Gasteiger partial charge in [-0.2, -0.15) is 5.10 Å². The molecule has 33 heavy (non-hydrogen) atoms. The van der Waals surface area contributed by atoms with E-state index in [-0.39, 0.29) is 0 Å². The highest BCUT2D eigenvalue weighted by Crippen LogP contribution is 2.41. The first-order valence-corrected chi connectivity index (χ1v) is 11.4. The normalized spacial score (nSPS) is 12.4. The van der Waals surface area contributed by atoms with Crippen LogP contribution in [0.4, 0.5) is 0 Å². The fraction of sp³-hybridized carbons (Fsp3) is 0.207. The molecule has 0 spiro atoms. The van der Waals surface area contributed by atoms with Crippen LogP contribution in [-0.4, -0.2) is 25.6 Å². The van der Waals surface area contributed by atoms with E-state index in [1.54, 1.807) is 0 Å². The summed E-state index contributed by atoms with van der Waals surface area (Å²) in [6.07, 6.45) is -0.578. The Balaban J connectivity index is 1.70. The molecule has 0 aliphatic heterocycles. The smallest absolute Gasteiger partial charge is 0.0914 e. The maximum absolute atomic E-state index is 11.2. The molecule has 0 saturated heterocycles. The molecule has 166 valence electrons. The minimum Gasteiger partial charge on any atom is -0.389 e. The van der Waals surface area contributed by atoms with Crippen LogP contribution >= 0.6 is 0 Å². The Morgan fingerprint density at radius 1 is 0.788 bits per heavy atom. The molecule has 1 unspecified atom stereocenters. The lowest BCUT2D eigenvalue weighted by molar-refractivity contribution is 0.131. The number of fused-ring (bicyclic) bond motifs is 1.